The summed E-state index contributed by atoms with van der Waals surface area (Å²) in [6.07, 6.45) is 2.15. The van der Waals surface area contributed by atoms with Gasteiger partial charge < -0.3 is 28.4 Å². The van der Waals surface area contributed by atoms with Gasteiger partial charge in [0, 0.05) is 6.61 Å². The molecule has 0 aromatic heterocycles. The van der Waals surface area contributed by atoms with Crippen LogP contribution in [0.15, 0.2) is 0 Å². The summed E-state index contributed by atoms with van der Waals surface area (Å²) >= 11 is 0. The number of unbranched alkanes of at least 4 members (excludes halogenated alkanes) is 2. The van der Waals surface area contributed by atoms with Gasteiger partial charge in [0.05, 0.1) is 6.61 Å². The highest BCUT2D eigenvalue weighted by Crippen LogP contribution is 2.41. The van der Waals surface area contributed by atoms with Gasteiger partial charge in [-0.1, -0.05) is 19.8 Å². The summed E-state index contributed by atoms with van der Waals surface area (Å²) in [6, 6.07) is 0. The fourth-order valence-corrected chi connectivity index (χ4v) is 3.44. The van der Waals surface area contributed by atoms with Gasteiger partial charge in [0.2, 0.25) is 0 Å². The van der Waals surface area contributed by atoms with E-state index in [2.05, 4.69) is 6.92 Å². The number of fused-ring (bicyclic) bond motifs is 1. The van der Waals surface area contributed by atoms with Crippen LogP contribution in [-0.2, 0) is 28.4 Å². The van der Waals surface area contributed by atoms with Crippen molar-refractivity contribution in [2.45, 2.75) is 96.2 Å². The van der Waals surface area contributed by atoms with E-state index in [-0.39, 0.29) is 24.4 Å². The van der Waals surface area contributed by atoms with Gasteiger partial charge >= 0.3 is 0 Å². The Kier molecular flexibility index (Phi) is 5.03. The first kappa shape index (κ1) is 17.6. The normalized spacial score (nSPS) is 41.3. The summed E-state index contributed by atoms with van der Waals surface area (Å²) in [6.45, 7) is 11.0. The van der Waals surface area contributed by atoms with E-state index in [0.717, 1.165) is 12.8 Å². The molecule has 3 aliphatic heterocycles. The summed E-state index contributed by atoms with van der Waals surface area (Å²) in [5.74, 6) is -1.23. The molecule has 5 unspecified atom stereocenters. The van der Waals surface area contributed by atoms with Crippen molar-refractivity contribution in [3.05, 3.63) is 0 Å². The van der Waals surface area contributed by atoms with Crippen LogP contribution in [0.1, 0.15) is 53.9 Å². The van der Waals surface area contributed by atoms with Gasteiger partial charge in [-0.05, 0) is 34.1 Å². The number of hydrogen-bond donors (Lipinski definition) is 0. The second-order valence-electron chi connectivity index (χ2n) is 7.48. The van der Waals surface area contributed by atoms with Crippen molar-refractivity contribution in [1.82, 2.24) is 0 Å². The molecule has 3 heterocycles. The Labute approximate surface area is 138 Å². The van der Waals surface area contributed by atoms with E-state index < -0.39 is 17.9 Å². The Morgan fingerprint density at radius 1 is 0.957 bits per heavy atom. The first-order chi connectivity index (χ1) is 10.8. The highest BCUT2D eigenvalue weighted by molar-refractivity contribution is 4.98. The molecule has 3 rings (SSSR count). The summed E-state index contributed by atoms with van der Waals surface area (Å²) in [5, 5.41) is 0. The Hall–Kier alpha value is -0.240. The lowest BCUT2D eigenvalue weighted by atomic mass is 10.1. The number of ether oxygens (including phenoxy) is 6. The molecule has 23 heavy (non-hydrogen) atoms. The SMILES string of the molecule is CCCCCOC1C(C2COC(C)(C)O2)OC2OC(C)(C)OC21. The molecule has 6 heteroatoms. The van der Waals surface area contributed by atoms with Crippen LogP contribution in [0.4, 0.5) is 0 Å². The maximum Gasteiger partial charge on any atom is 0.190 e. The maximum atomic E-state index is 6.14. The fourth-order valence-electron chi connectivity index (χ4n) is 3.44. The lowest BCUT2D eigenvalue weighted by Gasteiger charge is -2.29. The van der Waals surface area contributed by atoms with Crippen LogP contribution in [0.5, 0.6) is 0 Å². The van der Waals surface area contributed by atoms with Crippen LogP contribution in [0, 0.1) is 0 Å². The van der Waals surface area contributed by atoms with E-state index in [1.807, 2.05) is 27.7 Å². The molecule has 0 spiro atoms. The van der Waals surface area contributed by atoms with Crippen LogP contribution in [0.2, 0.25) is 0 Å². The lowest BCUT2D eigenvalue weighted by Crippen LogP contribution is -2.44. The smallest absolute Gasteiger partial charge is 0.190 e. The van der Waals surface area contributed by atoms with Crippen molar-refractivity contribution < 1.29 is 28.4 Å². The monoisotopic (exact) mass is 330 g/mol. The molecule has 134 valence electrons. The topological polar surface area (TPSA) is 55.4 Å². The first-order valence-corrected chi connectivity index (χ1v) is 8.76. The summed E-state index contributed by atoms with van der Waals surface area (Å²) in [5.41, 5.74) is 0. The molecule has 0 bridgehead atoms. The third-order valence-corrected chi connectivity index (χ3v) is 4.48. The van der Waals surface area contributed by atoms with Crippen molar-refractivity contribution in [3.63, 3.8) is 0 Å². The molecule has 0 aliphatic carbocycles. The van der Waals surface area contributed by atoms with Gasteiger partial charge in [-0.15, -0.1) is 0 Å². The second-order valence-corrected chi connectivity index (χ2v) is 7.48. The molecule has 5 atom stereocenters. The van der Waals surface area contributed by atoms with Crippen LogP contribution >= 0.6 is 0 Å². The van der Waals surface area contributed by atoms with E-state index >= 15 is 0 Å². The van der Waals surface area contributed by atoms with Crippen molar-refractivity contribution in [2.24, 2.45) is 0 Å². The molecule has 0 aromatic rings. The molecule has 0 radical (unpaired) electrons. The molecule has 0 amide bonds. The van der Waals surface area contributed by atoms with Gasteiger partial charge in [-0.25, -0.2) is 0 Å². The molecule has 0 aromatic carbocycles. The molecule has 3 aliphatic rings. The third-order valence-electron chi connectivity index (χ3n) is 4.48. The highest BCUT2D eigenvalue weighted by Gasteiger charge is 2.58. The number of rotatable bonds is 6. The minimum absolute atomic E-state index is 0.165. The quantitative estimate of drug-likeness (QED) is 0.698. The minimum atomic E-state index is -0.641. The largest absolute Gasteiger partial charge is 0.372 e. The van der Waals surface area contributed by atoms with Crippen molar-refractivity contribution in [3.8, 4) is 0 Å². The molecule has 3 fully saturated rings. The van der Waals surface area contributed by atoms with E-state index in [1.54, 1.807) is 0 Å². The Morgan fingerprint density at radius 3 is 2.39 bits per heavy atom. The zero-order valence-corrected chi connectivity index (χ0v) is 14.9. The minimum Gasteiger partial charge on any atom is -0.372 e. The van der Waals surface area contributed by atoms with Crippen molar-refractivity contribution >= 4 is 0 Å². The van der Waals surface area contributed by atoms with Gasteiger partial charge in [-0.3, -0.25) is 0 Å². The van der Waals surface area contributed by atoms with Crippen LogP contribution in [0.25, 0.3) is 0 Å². The summed E-state index contributed by atoms with van der Waals surface area (Å²) < 4.78 is 35.7. The predicted molar refractivity (Wildman–Crippen MR) is 82.9 cm³/mol. The molecule has 6 nitrogen and oxygen atoms in total. The van der Waals surface area contributed by atoms with Gasteiger partial charge in [0.25, 0.3) is 0 Å². The number of hydrogen-bond acceptors (Lipinski definition) is 6. The molecule has 3 saturated heterocycles. The van der Waals surface area contributed by atoms with Gasteiger partial charge in [0.15, 0.2) is 17.9 Å². The zero-order chi connectivity index (χ0) is 16.7. The van der Waals surface area contributed by atoms with Crippen LogP contribution in [0.3, 0.4) is 0 Å². The van der Waals surface area contributed by atoms with Gasteiger partial charge in [-0.2, -0.15) is 0 Å². The third kappa shape index (κ3) is 3.89. The van der Waals surface area contributed by atoms with Crippen molar-refractivity contribution in [1.29, 1.82) is 0 Å². The zero-order valence-electron chi connectivity index (χ0n) is 14.9. The Bertz CT molecular complexity index is 410. The molecular weight excluding hydrogens is 300 g/mol. The van der Waals surface area contributed by atoms with E-state index in [4.69, 9.17) is 28.4 Å². The van der Waals surface area contributed by atoms with Gasteiger partial charge in [0.1, 0.15) is 24.4 Å². The summed E-state index contributed by atoms with van der Waals surface area (Å²) in [7, 11) is 0. The average Bonchev–Trinajstić information content (AvgIpc) is 3.05. The average molecular weight is 330 g/mol. The molecular formula is C17H30O6. The van der Waals surface area contributed by atoms with Crippen LogP contribution in [-0.4, -0.2) is 55.5 Å². The van der Waals surface area contributed by atoms with Crippen molar-refractivity contribution in [2.75, 3.05) is 13.2 Å². The Balaban J connectivity index is 1.66. The molecule has 0 N–H and O–H groups in total. The Morgan fingerprint density at radius 2 is 1.74 bits per heavy atom. The summed E-state index contributed by atoms with van der Waals surface area (Å²) in [4.78, 5) is 0. The lowest BCUT2D eigenvalue weighted by molar-refractivity contribution is -0.236. The van der Waals surface area contributed by atoms with E-state index in [0.29, 0.717) is 13.2 Å². The fraction of sp³-hybridized carbons (Fsp3) is 1.00. The standard InChI is InChI=1S/C17H30O6/c1-6-7-8-9-18-13-12(11-10-19-16(2,3)21-11)20-15-14(13)22-17(4,5)23-15/h11-15H,6-10H2,1-5H3. The maximum absolute atomic E-state index is 6.14. The highest BCUT2D eigenvalue weighted by atomic mass is 16.8. The van der Waals surface area contributed by atoms with E-state index in [9.17, 15) is 0 Å². The van der Waals surface area contributed by atoms with Crippen LogP contribution < -0.4 is 0 Å². The first-order valence-electron chi connectivity index (χ1n) is 8.76. The predicted octanol–water partition coefficient (Wildman–Crippen LogP) is 2.59. The molecule has 0 saturated carbocycles. The second kappa shape index (κ2) is 6.58. The van der Waals surface area contributed by atoms with E-state index in [1.165, 1.54) is 6.42 Å².